The molecular weight excluding hydrogens is 352 g/mol. The van der Waals surface area contributed by atoms with Crippen LogP contribution < -0.4 is 14.4 Å². The summed E-state index contributed by atoms with van der Waals surface area (Å²) in [5.41, 5.74) is 2.92. The predicted molar refractivity (Wildman–Crippen MR) is 101 cm³/mol. The molecule has 0 saturated heterocycles. The maximum Gasteiger partial charge on any atom is 0.261 e. The SMILES string of the molecule is CC(=O)N1C[C@H](C)Oc2ccc(S(=O)(=O)Nc3cc(C)cc(C)c3)cc21. The number of aryl methyl sites for hydroxylation is 2. The number of carbonyl (C=O) groups excluding carboxylic acids is 1. The second-order valence-corrected chi connectivity index (χ2v) is 8.35. The highest BCUT2D eigenvalue weighted by atomic mass is 32.2. The normalized spacial score (nSPS) is 16.6. The molecule has 3 rings (SSSR count). The molecule has 6 nitrogen and oxygen atoms in total. The van der Waals surface area contributed by atoms with Gasteiger partial charge < -0.3 is 9.64 Å². The Morgan fingerprint density at radius 3 is 2.42 bits per heavy atom. The number of benzene rings is 2. The van der Waals surface area contributed by atoms with E-state index in [-0.39, 0.29) is 16.9 Å². The van der Waals surface area contributed by atoms with Crippen LogP contribution in [0.25, 0.3) is 0 Å². The minimum atomic E-state index is -3.79. The first-order valence-corrected chi connectivity index (χ1v) is 9.84. The second kappa shape index (κ2) is 6.64. The molecule has 2 aromatic rings. The van der Waals surface area contributed by atoms with E-state index in [1.54, 1.807) is 23.1 Å². The summed E-state index contributed by atoms with van der Waals surface area (Å²) < 4.78 is 33.9. The van der Waals surface area contributed by atoms with E-state index in [9.17, 15) is 13.2 Å². The Morgan fingerprint density at radius 2 is 1.81 bits per heavy atom. The topological polar surface area (TPSA) is 75.7 Å². The third kappa shape index (κ3) is 3.67. The first kappa shape index (κ1) is 18.3. The van der Waals surface area contributed by atoms with E-state index in [0.717, 1.165) is 11.1 Å². The second-order valence-electron chi connectivity index (χ2n) is 6.67. The summed E-state index contributed by atoms with van der Waals surface area (Å²) in [7, 11) is -3.79. The lowest BCUT2D eigenvalue weighted by atomic mass is 10.1. The van der Waals surface area contributed by atoms with Crippen molar-refractivity contribution in [2.24, 2.45) is 0 Å². The Bertz CT molecular complexity index is 949. The number of amides is 1. The van der Waals surface area contributed by atoms with Crippen LogP contribution in [-0.4, -0.2) is 27.0 Å². The first-order chi connectivity index (χ1) is 12.2. The lowest BCUT2D eigenvalue weighted by Gasteiger charge is -2.33. The zero-order chi connectivity index (χ0) is 19.1. The molecule has 0 unspecified atom stereocenters. The van der Waals surface area contributed by atoms with Crippen molar-refractivity contribution in [1.29, 1.82) is 0 Å². The zero-order valence-electron chi connectivity index (χ0n) is 15.2. The van der Waals surface area contributed by atoms with E-state index in [1.165, 1.54) is 19.1 Å². The third-order valence-corrected chi connectivity index (χ3v) is 5.53. The van der Waals surface area contributed by atoms with Crippen LogP contribution in [0, 0.1) is 13.8 Å². The molecule has 1 N–H and O–H groups in total. The number of sulfonamides is 1. The van der Waals surface area contributed by atoms with Crippen LogP contribution >= 0.6 is 0 Å². The number of hydrogen-bond acceptors (Lipinski definition) is 4. The maximum atomic E-state index is 12.8. The number of ether oxygens (including phenoxy) is 1. The van der Waals surface area contributed by atoms with Crippen LogP contribution in [0.4, 0.5) is 11.4 Å². The average Bonchev–Trinajstić information content (AvgIpc) is 2.51. The molecule has 0 aromatic heterocycles. The lowest BCUT2D eigenvalue weighted by molar-refractivity contribution is -0.117. The minimum absolute atomic E-state index is 0.0832. The molecule has 0 fully saturated rings. The van der Waals surface area contributed by atoms with Crippen LogP contribution in [0.2, 0.25) is 0 Å². The number of anilines is 2. The van der Waals surface area contributed by atoms with Gasteiger partial charge in [0.25, 0.3) is 10.0 Å². The van der Waals surface area contributed by atoms with Gasteiger partial charge in [0, 0.05) is 12.6 Å². The van der Waals surface area contributed by atoms with Gasteiger partial charge in [0.05, 0.1) is 17.1 Å². The molecule has 7 heteroatoms. The Labute approximate surface area is 153 Å². The third-order valence-electron chi connectivity index (χ3n) is 4.15. The number of carbonyl (C=O) groups is 1. The van der Waals surface area contributed by atoms with Crippen LogP contribution in [0.3, 0.4) is 0 Å². The first-order valence-electron chi connectivity index (χ1n) is 8.35. The molecule has 0 aliphatic carbocycles. The van der Waals surface area contributed by atoms with Crippen LogP contribution in [0.5, 0.6) is 5.75 Å². The summed E-state index contributed by atoms with van der Waals surface area (Å²) in [6.45, 7) is 7.53. The van der Waals surface area contributed by atoms with Crippen molar-refractivity contribution in [3.63, 3.8) is 0 Å². The van der Waals surface area contributed by atoms with Gasteiger partial charge in [-0.25, -0.2) is 8.42 Å². The number of nitrogens with one attached hydrogen (secondary N) is 1. The van der Waals surface area contributed by atoms with Gasteiger partial charge in [-0.15, -0.1) is 0 Å². The van der Waals surface area contributed by atoms with Gasteiger partial charge in [-0.3, -0.25) is 9.52 Å². The molecule has 0 saturated carbocycles. The molecule has 1 aliphatic heterocycles. The fourth-order valence-corrected chi connectivity index (χ4v) is 4.19. The zero-order valence-corrected chi connectivity index (χ0v) is 16.1. The Balaban J connectivity index is 1.98. The molecule has 138 valence electrons. The van der Waals surface area contributed by atoms with Crippen molar-refractivity contribution in [2.45, 2.75) is 38.7 Å². The minimum Gasteiger partial charge on any atom is -0.487 e. The Morgan fingerprint density at radius 1 is 1.15 bits per heavy atom. The van der Waals surface area contributed by atoms with Crippen molar-refractivity contribution in [1.82, 2.24) is 0 Å². The van der Waals surface area contributed by atoms with E-state index in [1.807, 2.05) is 26.8 Å². The van der Waals surface area contributed by atoms with Crippen LogP contribution in [0.1, 0.15) is 25.0 Å². The fraction of sp³-hybridized carbons (Fsp3) is 0.316. The van der Waals surface area contributed by atoms with Gasteiger partial charge in [0.2, 0.25) is 5.91 Å². The summed E-state index contributed by atoms with van der Waals surface area (Å²) >= 11 is 0. The van der Waals surface area contributed by atoms with E-state index in [2.05, 4.69) is 4.72 Å². The molecule has 1 atom stereocenters. The van der Waals surface area contributed by atoms with Crippen LogP contribution in [-0.2, 0) is 14.8 Å². The molecule has 1 heterocycles. The van der Waals surface area contributed by atoms with Gasteiger partial charge in [0.1, 0.15) is 11.9 Å². The van der Waals surface area contributed by atoms with E-state index in [4.69, 9.17) is 4.74 Å². The monoisotopic (exact) mass is 374 g/mol. The van der Waals surface area contributed by atoms with Crippen LogP contribution in [0.15, 0.2) is 41.3 Å². The summed E-state index contributed by atoms with van der Waals surface area (Å²) in [6.07, 6.45) is -0.151. The highest BCUT2D eigenvalue weighted by molar-refractivity contribution is 7.92. The van der Waals surface area contributed by atoms with Crippen molar-refractivity contribution < 1.29 is 17.9 Å². The van der Waals surface area contributed by atoms with E-state index < -0.39 is 10.0 Å². The number of rotatable bonds is 3. The molecule has 0 radical (unpaired) electrons. The number of hydrogen-bond donors (Lipinski definition) is 1. The molecule has 0 bridgehead atoms. The number of fused-ring (bicyclic) bond motifs is 1. The standard InChI is InChI=1S/C19H22N2O4S/c1-12-7-13(2)9-16(8-12)20-26(23,24)17-5-6-19-18(10-17)21(15(4)22)11-14(3)25-19/h5-10,14,20H,11H2,1-4H3/t14-/m0/s1. The molecule has 1 amide bonds. The Kier molecular flexibility index (Phi) is 4.66. The van der Waals surface area contributed by atoms with Gasteiger partial charge in [-0.2, -0.15) is 0 Å². The highest BCUT2D eigenvalue weighted by Crippen LogP contribution is 2.36. The van der Waals surface area contributed by atoms with Crippen molar-refractivity contribution in [2.75, 3.05) is 16.2 Å². The predicted octanol–water partition coefficient (Wildman–Crippen LogP) is 3.24. The summed E-state index contributed by atoms with van der Waals surface area (Å²) in [5, 5.41) is 0. The van der Waals surface area contributed by atoms with Crippen molar-refractivity contribution in [3.8, 4) is 5.75 Å². The summed E-state index contributed by atoms with van der Waals surface area (Å²) in [5.74, 6) is 0.350. The molecular formula is C19H22N2O4S. The fourth-order valence-electron chi connectivity index (χ4n) is 3.13. The Hall–Kier alpha value is -2.54. The van der Waals surface area contributed by atoms with E-state index in [0.29, 0.717) is 23.7 Å². The van der Waals surface area contributed by atoms with Crippen molar-refractivity contribution >= 4 is 27.3 Å². The van der Waals surface area contributed by atoms with E-state index >= 15 is 0 Å². The van der Waals surface area contributed by atoms with Gasteiger partial charge in [-0.1, -0.05) is 6.07 Å². The van der Waals surface area contributed by atoms with Gasteiger partial charge >= 0.3 is 0 Å². The van der Waals surface area contributed by atoms with Gasteiger partial charge in [0.15, 0.2) is 0 Å². The lowest BCUT2D eigenvalue weighted by Crippen LogP contribution is -2.41. The highest BCUT2D eigenvalue weighted by Gasteiger charge is 2.27. The molecule has 1 aliphatic rings. The largest absolute Gasteiger partial charge is 0.487 e. The molecule has 0 spiro atoms. The number of nitrogens with zero attached hydrogens (tertiary/aromatic N) is 1. The van der Waals surface area contributed by atoms with Gasteiger partial charge in [-0.05, 0) is 62.2 Å². The quantitative estimate of drug-likeness (QED) is 0.895. The molecule has 26 heavy (non-hydrogen) atoms. The summed E-state index contributed by atoms with van der Waals surface area (Å²) in [4.78, 5) is 13.6. The van der Waals surface area contributed by atoms with Crippen molar-refractivity contribution in [3.05, 3.63) is 47.5 Å². The smallest absolute Gasteiger partial charge is 0.261 e. The maximum absolute atomic E-state index is 12.8. The average molecular weight is 374 g/mol. The molecule has 2 aromatic carbocycles. The summed E-state index contributed by atoms with van der Waals surface area (Å²) in [6, 6.07) is 10.1.